The van der Waals surface area contributed by atoms with E-state index in [9.17, 15) is 4.79 Å². The van der Waals surface area contributed by atoms with E-state index in [1.54, 1.807) is 6.92 Å². The smallest absolute Gasteiger partial charge is 0.269 e. The zero-order valence-electron chi connectivity index (χ0n) is 13.0. The molecule has 24 heavy (non-hydrogen) atoms. The molecule has 0 amide bonds. The van der Waals surface area contributed by atoms with Gasteiger partial charge < -0.3 is 10.7 Å². The van der Waals surface area contributed by atoms with Gasteiger partial charge in [-0.1, -0.05) is 34.1 Å². The Bertz CT molecular complexity index is 934. The molecule has 0 aliphatic heterocycles. The van der Waals surface area contributed by atoms with Crippen LogP contribution in [-0.2, 0) is 0 Å². The van der Waals surface area contributed by atoms with Crippen molar-refractivity contribution in [3.8, 4) is 5.69 Å². The lowest BCUT2D eigenvalue weighted by Gasteiger charge is -2.14. The highest BCUT2D eigenvalue weighted by Gasteiger charge is 2.14. The van der Waals surface area contributed by atoms with Crippen LogP contribution in [0.1, 0.15) is 11.4 Å². The molecule has 0 spiro atoms. The molecule has 3 rings (SSSR count). The van der Waals surface area contributed by atoms with Crippen LogP contribution in [0.3, 0.4) is 0 Å². The fourth-order valence-corrected chi connectivity index (χ4v) is 2.68. The summed E-state index contributed by atoms with van der Waals surface area (Å²) in [6, 6.07) is 16.8. The molecule has 0 radical (unpaired) electrons. The first-order chi connectivity index (χ1) is 11.6. The number of nitrogens with one attached hydrogen (secondary N) is 2. The number of aryl methyl sites for hydroxylation is 1. The lowest BCUT2D eigenvalue weighted by Crippen LogP contribution is -2.27. The van der Waals surface area contributed by atoms with Crippen molar-refractivity contribution in [2.24, 2.45) is 0 Å². The molecule has 0 unspecified atom stereocenters. The number of anilines is 2. The van der Waals surface area contributed by atoms with Crippen molar-refractivity contribution >= 4 is 33.6 Å². The third-order valence-corrected chi connectivity index (χ3v) is 4.08. The number of hydrogen-bond acceptors (Lipinski definition) is 4. The highest BCUT2D eigenvalue weighted by Crippen LogP contribution is 2.18. The first kappa shape index (κ1) is 16.1. The van der Waals surface area contributed by atoms with E-state index in [4.69, 9.17) is 5.41 Å². The summed E-state index contributed by atoms with van der Waals surface area (Å²) in [5.41, 5.74) is 1.46. The fourth-order valence-electron chi connectivity index (χ4n) is 2.42. The second-order valence-electron chi connectivity index (χ2n) is 5.17. The first-order valence-corrected chi connectivity index (χ1v) is 8.11. The molecule has 2 N–H and O–H groups in total. The van der Waals surface area contributed by atoms with E-state index in [0.717, 1.165) is 16.4 Å². The lowest BCUT2D eigenvalue weighted by molar-refractivity contribution is 0.871. The minimum absolute atomic E-state index is 0.215. The van der Waals surface area contributed by atoms with E-state index in [1.807, 2.05) is 54.6 Å². The van der Waals surface area contributed by atoms with Gasteiger partial charge in [-0.15, -0.1) is 0 Å². The number of aromatic nitrogens is 2. The van der Waals surface area contributed by atoms with E-state index in [2.05, 4.69) is 26.2 Å². The standard InChI is InChI=1S/C18H15BrN4O/c1-12-21-17(22-14-5-3-2-4-6-14)16(11-20)18(24)23(12)15-9-7-13(19)8-10-15/h2-11,20,22H,1H3. The zero-order chi connectivity index (χ0) is 17.1. The van der Waals surface area contributed by atoms with E-state index in [0.29, 0.717) is 17.3 Å². The zero-order valence-corrected chi connectivity index (χ0v) is 14.5. The van der Waals surface area contributed by atoms with Gasteiger partial charge in [0.25, 0.3) is 5.56 Å². The topological polar surface area (TPSA) is 70.8 Å². The van der Waals surface area contributed by atoms with Crippen molar-refractivity contribution in [2.45, 2.75) is 6.92 Å². The summed E-state index contributed by atoms with van der Waals surface area (Å²) >= 11 is 3.38. The Morgan fingerprint density at radius 1 is 1.12 bits per heavy atom. The maximum atomic E-state index is 12.8. The van der Waals surface area contributed by atoms with Gasteiger partial charge in [0, 0.05) is 16.4 Å². The maximum Gasteiger partial charge on any atom is 0.269 e. The van der Waals surface area contributed by atoms with E-state index < -0.39 is 0 Å². The third kappa shape index (κ3) is 3.14. The number of rotatable bonds is 4. The molecule has 0 fully saturated rings. The molecule has 0 atom stereocenters. The highest BCUT2D eigenvalue weighted by molar-refractivity contribution is 9.10. The normalized spacial score (nSPS) is 10.4. The summed E-state index contributed by atoms with van der Waals surface area (Å²) in [4.78, 5) is 17.3. The quantitative estimate of drug-likeness (QED) is 0.668. The molecule has 0 saturated heterocycles. The molecule has 0 aliphatic rings. The Morgan fingerprint density at radius 2 is 1.79 bits per heavy atom. The molecule has 2 aromatic carbocycles. The van der Waals surface area contributed by atoms with E-state index >= 15 is 0 Å². The molecular weight excluding hydrogens is 368 g/mol. The number of nitrogens with zero attached hydrogens (tertiary/aromatic N) is 2. The van der Waals surface area contributed by atoms with Crippen LogP contribution >= 0.6 is 15.9 Å². The van der Waals surface area contributed by atoms with E-state index in [1.165, 1.54) is 4.57 Å². The van der Waals surface area contributed by atoms with Gasteiger partial charge in [0.1, 0.15) is 17.2 Å². The van der Waals surface area contributed by atoms with Gasteiger partial charge in [0.05, 0.1) is 5.69 Å². The van der Waals surface area contributed by atoms with Crippen molar-refractivity contribution < 1.29 is 0 Å². The predicted octanol–water partition coefficient (Wildman–Crippen LogP) is 4.04. The molecule has 0 saturated carbocycles. The Morgan fingerprint density at radius 3 is 2.42 bits per heavy atom. The molecule has 0 bridgehead atoms. The summed E-state index contributed by atoms with van der Waals surface area (Å²) in [7, 11) is 0. The first-order valence-electron chi connectivity index (χ1n) is 7.32. The van der Waals surface area contributed by atoms with Crippen molar-refractivity contribution in [3.63, 3.8) is 0 Å². The summed E-state index contributed by atoms with van der Waals surface area (Å²) < 4.78 is 2.43. The van der Waals surface area contributed by atoms with Gasteiger partial charge in [0.15, 0.2) is 0 Å². The van der Waals surface area contributed by atoms with Gasteiger partial charge in [-0.3, -0.25) is 9.36 Å². The van der Waals surface area contributed by atoms with Crippen LogP contribution in [0.5, 0.6) is 0 Å². The average Bonchev–Trinajstić information content (AvgIpc) is 2.57. The SMILES string of the molecule is Cc1nc(Nc2ccccc2)c(C=N)c(=O)n1-c1ccc(Br)cc1. The Kier molecular flexibility index (Phi) is 4.57. The predicted molar refractivity (Wildman–Crippen MR) is 99.9 cm³/mol. The Balaban J connectivity index is 2.13. The highest BCUT2D eigenvalue weighted by atomic mass is 79.9. The molecule has 120 valence electrons. The van der Waals surface area contributed by atoms with Crippen molar-refractivity contribution in [2.75, 3.05) is 5.32 Å². The molecular formula is C18H15BrN4O. The number of para-hydroxylation sites is 1. The summed E-state index contributed by atoms with van der Waals surface area (Å²) in [6.45, 7) is 1.77. The molecule has 3 aromatic rings. The van der Waals surface area contributed by atoms with Crippen molar-refractivity contribution in [1.82, 2.24) is 9.55 Å². The second kappa shape index (κ2) is 6.80. The lowest BCUT2D eigenvalue weighted by atomic mass is 10.2. The fraction of sp³-hybridized carbons (Fsp3) is 0.0556. The van der Waals surface area contributed by atoms with Crippen LogP contribution < -0.4 is 10.9 Å². The minimum atomic E-state index is -0.279. The van der Waals surface area contributed by atoms with Gasteiger partial charge in [-0.2, -0.15) is 0 Å². The van der Waals surface area contributed by atoms with E-state index in [-0.39, 0.29) is 11.1 Å². The monoisotopic (exact) mass is 382 g/mol. The van der Waals surface area contributed by atoms with Crippen molar-refractivity contribution in [3.05, 3.63) is 80.8 Å². The second-order valence-corrected chi connectivity index (χ2v) is 6.09. The third-order valence-electron chi connectivity index (χ3n) is 3.55. The summed E-state index contributed by atoms with van der Waals surface area (Å²) in [5, 5.41) is 10.7. The van der Waals surface area contributed by atoms with Crippen LogP contribution in [0.4, 0.5) is 11.5 Å². The molecule has 6 heteroatoms. The molecule has 5 nitrogen and oxygen atoms in total. The number of benzene rings is 2. The van der Waals surface area contributed by atoms with Crippen LogP contribution in [0.2, 0.25) is 0 Å². The molecule has 0 aliphatic carbocycles. The van der Waals surface area contributed by atoms with Gasteiger partial charge in [-0.05, 0) is 43.3 Å². The Hall–Kier alpha value is -2.73. The minimum Gasteiger partial charge on any atom is -0.339 e. The summed E-state index contributed by atoms with van der Waals surface area (Å²) in [6.07, 6.45) is 1.04. The average molecular weight is 383 g/mol. The Labute approximate surface area is 147 Å². The van der Waals surface area contributed by atoms with Crippen LogP contribution in [-0.4, -0.2) is 15.8 Å². The van der Waals surface area contributed by atoms with Gasteiger partial charge >= 0.3 is 0 Å². The van der Waals surface area contributed by atoms with Crippen LogP contribution in [0.15, 0.2) is 63.9 Å². The van der Waals surface area contributed by atoms with Crippen LogP contribution in [0.25, 0.3) is 5.69 Å². The largest absolute Gasteiger partial charge is 0.339 e. The number of hydrogen-bond donors (Lipinski definition) is 2. The van der Waals surface area contributed by atoms with Gasteiger partial charge in [0.2, 0.25) is 0 Å². The number of halogens is 1. The van der Waals surface area contributed by atoms with Gasteiger partial charge in [-0.25, -0.2) is 4.98 Å². The molecule has 1 heterocycles. The summed E-state index contributed by atoms with van der Waals surface area (Å²) in [5.74, 6) is 0.929. The molecule has 1 aromatic heterocycles. The maximum absolute atomic E-state index is 12.8. The van der Waals surface area contributed by atoms with Crippen LogP contribution in [0, 0.1) is 12.3 Å². The van der Waals surface area contributed by atoms with Crippen molar-refractivity contribution in [1.29, 1.82) is 5.41 Å².